The molecule has 1 aliphatic heterocycles. The van der Waals surface area contributed by atoms with Gasteiger partial charge in [0.05, 0.1) is 30.4 Å². The lowest BCUT2D eigenvalue weighted by Gasteiger charge is -2.30. The average Bonchev–Trinajstić information content (AvgIpc) is 2.67. The van der Waals surface area contributed by atoms with Crippen molar-refractivity contribution in [3.05, 3.63) is 35.9 Å². The van der Waals surface area contributed by atoms with E-state index in [0.29, 0.717) is 48.2 Å². The number of ether oxygens (including phenoxy) is 1. The quantitative estimate of drug-likeness (QED) is 0.652. The number of hydrogen-bond donors (Lipinski definition) is 0. The van der Waals surface area contributed by atoms with Gasteiger partial charge >= 0.3 is 0 Å². The van der Waals surface area contributed by atoms with Crippen LogP contribution in [0.3, 0.4) is 0 Å². The normalized spacial score (nSPS) is 15.4. The van der Waals surface area contributed by atoms with Gasteiger partial charge in [0.1, 0.15) is 22.9 Å². The smallest absolute Gasteiger partial charge is 0.162 e. The lowest BCUT2D eigenvalue weighted by Crippen LogP contribution is -2.35. The number of hydrogen-bond acceptors (Lipinski definition) is 6. The van der Waals surface area contributed by atoms with Crippen molar-refractivity contribution in [3.63, 3.8) is 0 Å². The van der Waals surface area contributed by atoms with Crippen LogP contribution in [0.25, 0.3) is 22.3 Å². The van der Waals surface area contributed by atoms with Crippen molar-refractivity contribution in [1.82, 2.24) is 19.9 Å². The Balaban J connectivity index is 1.91. The highest BCUT2D eigenvalue weighted by Crippen LogP contribution is 2.35. The third-order valence-corrected chi connectivity index (χ3v) is 4.69. The molecule has 0 radical (unpaired) electrons. The van der Waals surface area contributed by atoms with Crippen LogP contribution < -0.4 is 9.64 Å². The molecule has 0 atom stereocenters. The topological polar surface area (TPSA) is 64.0 Å². The summed E-state index contributed by atoms with van der Waals surface area (Å²) in [5.74, 6) is 1.84. The zero-order chi connectivity index (χ0) is 18.1. The molecule has 0 bridgehead atoms. The van der Waals surface area contributed by atoms with Gasteiger partial charge in [-0.1, -0.05) is 11.6 Å². The van der Waals surface area contributed by atoms with E-state index >= 15 is 0 Å². The Kier molecular flexibility index (Phi) is 4.55. The molecule has 8 heteroatoms. The third kappa shape index (κ3) is 3.14. The first kappa shape index (κ1) is 16.9. The number of nitrogens with zero attached hydrogens (tertiary/aromatic N) is 5. The molecule has 0 amide bonds. The maximum Gasteiger partial charge on any atom is 0.162 e. The number of alkyl halides is 1. The molecule has 0 unspecified atom stereocenters. The molecule has 6 nitrogen and oxygen atoms in total. The van der Waals surface area contributed by atoms with Crippen LogP contribution in [0.1, 0.15) is 12.8 Å². The van der Waals surface area contributed by atoms with Gasteiger partial charge in [-0.3, -0.25) is 4.98 Å². The molecule has 3 aromatic heterocycles. The number of rotatable bonds is 3. The monoisotopic (exact) mass is 373 g/mol. The van der Waals surface area contributed by atoms with E-state index in [4.69, 9.17) is 21.3 Å². The molecule has 4 heterocycles. The van der Waals surface area contributed by atoms with Gasteiger partial charge in [-0.15, -0.1) is 0 Å². The fraction of sp³-hybridized carbons (Fsp3) is 0.333. The van der Waals surface area contributed by atoms with Crippen molar-refractivity contribution >= 4 is 28.3 Å². The highest BCUT2D eigenvalue weighted by molar-refractivity contribution is 6.29. The molecular weight excluding hydrogens is 357 g/mol. The van der Waals surface area contributed by atoms with Crippen LogP contribution in [0.4, 0.5) is 10.2 Å². The summed E-state index contributed by atoms with van der Waals surface area (Å²) in [6.45, 7) is 1.19. The minimum absolute atomic E-state index is 0.370. The summed E-state index contributed by atoms with van der Waals surface area (Å²) in [6.07, 6.45) is 5.13. The van der Waals surface area contributed by atoms with Crippen LogP contribution in [0.2, 0.25) is 5.15 Å². The number of pyridine rings is 2. The van der Waals surface area contributed by atoms with Gasteiger partial charge < -0.3 is 9.64 Å². The molecule has 0 aliphatic carbocycles. The van der Waals surface area contributed by atoms with Gasteiger partial charge in [0.15, 0.2) is 5.82 Å². The number of halogens is 2. The van der Waals surface area contributed by atoms with Crippen LogP contribution >= 0.6 is 11.6 Å². The Bertz CT molecular complexity index is 946. The van der Waals surface area contributed by atoms with Crippen LogP contribution in [-0.4, -0.2) is 46.3 Å². The average molecular weight is 374 g/mol. The Labute approximate surface area is 155 Å². The lowest BCUT2D eigenvalue weighted by atomic mass is 10.1. The Hall–Kier alpha value is -2.54. The Morgan fingerprint density at radius 3 is 2.77 bits per heavy atom. The van der Waals surface area contributed by atoms with Crippen LogP contribution in [0, 0.1) is 0 Å². The number of piperidine rings is 1. The molecular formula is C18H17ClFN5O. The van der Waals surface area contributed by atoms with E-state index in [2.05, 4.69) is 19.9 Å². The molecule has 4 rings (SSSR count). The fourth-order valence-corrected chi connectivity index (χ4v) is 3.32. The maximum absolute atomic E-state index is 13.6. The van der Waals surface area contributed by atoms with Gasteiger partial charge in [-0.25, -0.2) is 19.3 Å². The van der Waals surface area contributed by atoms with E-state index in [0.717, 1.165) is 16.8 Å². The van der Waals surface area contributed by atoms with Crippen molar-refractivity contribution in [2.24, 2.45) is 0 Å². The summed E-state index contributed by atoms with van der Waals surface area (Å²) in [5, 5.41) is 1.15. The first-order valence-electron chi connectivity index (χ1n) is 8.36. The van der Waals surface area contributed by atoms with Gasteiger partial charge in [-0.2, -0.15) is 0 Å². The second kappa shape index (κ2) is 6.99. The summed E-state index contributed by atoms with van der Waals surface area (Å²) in [7, 11) is 1.59. The van der Waals surface area contributed by atoms with Gasteiger partial charge in [-0.05, 0) is 25.0 Å². The third-order valence-electron chi connectivity index (χ3n) is 4.48. The summed E-state index contributed by atoms with van der Waals surface area (Å²) < 4.78 is 19.1. The number of aromatic nitrogens is 4. The van der Waals surface area contributed by atoms with Crippen molar-refractivity contribution in [3.8, 4) is 17.1 Å². The highest BCUT2D eigenvalue weighted by Gasteiger charge is 2.24. The summed E-state index contributed by atoms with van der Waals surface area (Å²) in [4.78, 5) is 19.7. The number of anilines is 1. The molecule has 1 aliphatic rings. The SMILES string of the molecule is COc1cncc2nc(-c3ccnc(Cl)c3)nc(N3CCC(F)CC3)c12. The minimum atomic E-state index is -0.763. The molecule has 0 aromatic carbocycles. The summed E-state index contributed by atoms with van der Waals surface area (Å²) >= 11 is 6.01. The van der Waals surface area contributed by atoms with Crippen LogP contribution in [-0.2, 0) is 0 Å². The largest absolute Gasteiger partial charge is 0.494 e. The molecule has 134 valence electrons. The predicted octanol–water partition coefficient (Wildman–Crippen LogP) is 3.69. The van der Waals surface area contributed by atoms with E-state index in [1.165, 1.54) is 0 Å². The lowest BCUT2D eigenvalue weighted by molar-refractivity contribution is 0.277. The second-order valence-corrected chi connectivity index (χ2v) is 6.52. The van der Waals surface area contributed by atoms with Crippen molar-refractivity contribution in [2.45, 2.75) is 19.0 Å². The van der Waals surface area contributed by atoms with E-state index in [1.54, 1.807) is 37.8 Å². The highest BCUT2D eigenvalue weighted by atomic mass is 35.5. The molecule has 1 fully saturated rings. The number of fused-ring (bicyclic) bond motifs is 1. The summed E-state index contributed by atoms with van der Waals surface area (Å²) in [5.41, 5.74) is 1.43. The zero-order valence-corrected chi connectivity index (χ0v) is 14.9. The molecule has 0 spiro atoms. The molecule has 1 saturated heterocycles. The van der Waals surface area contributed by atoms with Gasteiger partial charge in [0, 0.05) is 24.8 Å². The second-order valence-electron chi connectivity index (χ2n) is 6.14. The van der Waals surface area contributed by atoms with Gasteiger partial charge in [0.25, 0.3) is 0 Å². The molecule has 3 aromatic rings. The van der Waals surface area contributed by atoms with Gasteiger partial charge in [0.2, 0.25) is 0 Å². The zero-order valence-electron chi connectivity index (χ0n) is 14.2. The Morgan fingerprint density at radius 1 is 1.23 bits per heavy atom. The summed E-state index contributed by atoms with van der Waals surface area (Å²) in [6, 6.07) is 3.52. The van der Waals surface area contributed by atoms with Crippen LogP contribution in [0.5, 0.6) is 5.75 Å². The standard InChI is InChI=1S/C18H17ClFN5O/c1-26-14-10-21-9-13-16(14)18(25-6-3-12(20)4-7-25)24-17(23-13)11-2-5-22-15(19)8-11/h2,5,8-10,12H,3-4,6-7H2,1H3. The van der Waals surface area contributed by atoms with Crippen LogP contribution in [0.15, 0.2) is 30.7 Å². The van der Waals surface area contributed by atoms with E-state index in [-0.39, 0.29) is 0 Å². The van der Waals surface area contributed by atoms with Crippen molar-refractivity contribution < 1.29 is 9.13 Å². The minimum Gasteiger partial charge on any atom is -0.494 e. The van der Waals surface area contributed by atoms with E-state index in [1.807, 2.05) is 0 Å². The Morgan fingerprint density at radius 2 is 2.04 bits per heavy atom. The molecule has 0 N–H and O–H groups in total. The van der Waals surface area contributed by atoms with Crippen molar-refractivity contribution in [1.29, 1.82) is 0 Å². The van der Waals surface area contributed by atoms with E-state index < -0.39 is 6.17 Å². The van der Waals surface area contributed by atoms with E-state index in [9.17, 15) is 4.39 Å². The molecule has 26 heavy (non-hydrogen) atoms. The molecule has 0 saturated carbocycles. The first-order chi connectivity index (χ1) is 12.7. The fourth-order valence-electron chi connectivity index (χ4n) is 3.15. The number of methoxy groups -OCH3 is 1. The van der Waals surface area contributed by atoms with Crippen molar-refractivity contribution in [2.75, 3.05) is 25.1 Å². The first-order valence-corrected chi connectivity index (χ1v) is 8.74. The predicted molar refractivity (Wildman–Crippen MR) is 98.5 cm³/mol. The maximum atomic E-state index is 13.6.